The van der Waals surface area contributed by atoms with Crippen molar-refractivity contribution in [2.75, 3.05) is 13.2 Å². The van der Waals surface area contributed by atoms with Crippen molar-refractivity contribution in [2.45, 2.75) is 31.5 Å². The molecule has 6 nitrogen and oxygen atoms in total. The topological polar surface area (TPSA) is 71.5 Å². The van der Waals surface area contributed by atoms with Crippen LogP contribution in [0.3, 0.4) is 0 Å². The summed E-state index contributed by atoms with van der Waals surface area (Å²) in [5.74, 6) is -0.330. The lowest BCUT2D eigenvalue weighted by Crippen LogP contribution is -2.38. The molecule has 1 aromatic heterocycles. The van der Waals surface area contributed by atoms with Crippen molar-refractivity contribution in [1.82, 2.24) is 15.2 Å². The van der Waals surface area contributed by atoms with Crippen LogP contribution < -0.4 is 5.32 Å². The summed E-state index contributed by atoms with van der Waals surface area (Å²) in [5.41, 5.74) is 1.94. The number of nitrogens with zero attached hydrogens (tertiary/aromatic N) is 2. The Hall–Kier alpha value is -2.73. The molecule has 4 rings (SSSR count). The van der Waals surface area contributed by atoms with Crippen LogP contribution in [0, 0.1) is 5.92 Å². The second-order valence-electron chi connectivity index (χ2n) is 7.09. The van der Waals surface area contributed by atoms with Crippen molar-refractivity contribution in [2.24, 2.45) is 5.92 Å². The molecular weight excluding hydrogens is 342 g/mol. The highest BCUT2D eigenvalue weighted by Gasteiger charge is 2.50. The molecule has 0 radical (unpaired) electrons. The van der Waals surface area contributed by atoms with Crippen LogP contribution in [0.2, 0.25) is 0 Å². The molecule has 140 valence electrons. The van der Waals surface area contributed by atoms with E-state index in [0.29, 0.717) is 26.1 Å². The van der Waals surface area contributed by atoms with Gasteiger partial charge in [0.2, 0.25) is 11.8 Å². The number of carbonyl (C=O) groups excluding carboxylic acids is 2. The molecule has 2 aliphatic heterocycles. The first kappa shape index (κ1) is 17.7. The Morgan fingerprint density at radius 3 is 2.74 bits per heavy atom. The maximum Gasteiger partial charge on any atom is 0.227 e. The summed E-state index contributed by atoms with van der Waals surface area (Å²) in [5, 5.41) is 2.97. The van der Waals surface area contributed by atoms with Crippen LogP contribution in [0.15, 0.2) is 54.9 Å². The first-order valence-electron chi connectivity index (χ1n) is 9.34. The number of fused-ring (bicyclic) bond motifs is 1. The summed E-state index contributed by atoms with van der Waals surface area (Å²) in [4.78, 5) is 31.5. The summed E-state index contributed by atoms with van der Waals surface area (Å²) < 4.78 is 5.83. The zero-order valence-corrected chi connectivity index (χ0v) is 15.1. The van der Waals surface area contributed by atoms with Gasteiger partial charge in [0.25, 0.3) is 0 Å². The number of likely N-dealkylation sites (tertiary alicyclic amines) is 1. The van der Waals surface area contributed by atoms with Crippen molar-refractivity contribution in [1.29, 1.82) is 0 Å². The lowest BCUT2D eigenvalue weighted by molar-refractivity contribution is -0.131. The zero-order valence-electron chi connectivity index (χ0n) is 15.1. The van der Waals surface area contributed by atoms with E-state index in [1.165, 1.54) is 0 Å². The quantitative estimate of drug-likeness (QED) is 0.873. The molecule has 2 saturated heterocycles. The molecule has 3 atom stereocenters. The minimum Gasteiger partial charge on any atom is -0.375 e. The van der Waals surface area contributed by atoms with Crippen LogP contribution in [0.25, 0.3) is 0 Å². The monoisotopic (exact) mass is 365 g/mol. The summed E-state index contributed by atoms with van der Waals surface area (Å²) in [6.07, 6.45) is 4.37. The van der Waals surface area contributed by atoms with Gasteiger partial charge in [-0.2, -0.15) is 0 Å². The Bertz CT molecular complexity index is 797. The lowest BCUT2D eigenvalue weighted by Gasteiger charge is -2.22. The predicted molar refractivity (Wildman–Crippen MR) is 99.6 cm³/mol. The largest absolute Gasteiger partial charge is 0.375 e. The van der Waals surface area contributed by atoms with Crippen molar-refractivity contribution >= 4 is 11.8 Å². The van der Waals surface area contributed by atoms with E-state index in [2.05, 4.69) is 10.3 Å². The molecule has 1 aromatic carbocycles. The standard InChI is InChI=1S/C21H23N3O3/c25-19(11-15-5-2-1-3-6-15)24-14-17(20-18(24)8-10-27-20)21(26)23-13-16-7-4-9-22-12-16/h1-7,9,12,17-18,20H,8,10-11,13-14H2,(H,23,26). The third kappa shape index (κ3) is 3.85. The van der Waals surface area contributed by atoms with E-state index in [-0.39, 0.29) is 29.9 Å². The molecule has 1 N–H and O–H groups in total. The number of rotatable bonds is 5. The van der Waals surface area contributed by atoms with Gasteiger partial charge < -0.3 is 15.0 Å². The molecule has 0 spiro atoms. The van der Waals surface area contributed by atoms with Gasteiger partial charge in [0.1, 0.15) is 0 Å². The van der Waals surface area contributed by atoms with E-state index in [4.69, 9.17) is 4.74 Å². The SMILES string of the molecule is O=C(NCc1cccnc1)C1CN(C(=O)Cc2ccccc2)C2CCOC12. The zero-order chi connectivity index (χ0) is 18.6. The average Bonchev–Trinajstić information content (AvgIpc) is 3.30. The number of nitrogens with one attached hydrogen (secondary N) is 1. The minimum atomic E-state index is -0.325. The van der Waals surface area contributed by atoms with E-state index >= 15 is 0 Å². The summed E-state index contributed by atoms with van der Waals surface area (Å²) in [6.45, 7) is 1.44. The minimum absolute atomic E-state index is 0.00430. The van der Waals surface area contributed by atoms with Gasteiger partial charge in [-0.1, -0.05) is 36.4 Å². The van der Waals surface area contributed by atoms with E-state index in [0.717, 1.165) is 17.5 Å². The molecule has 0 bridgehead atoms. The average molecular weight is 365 g/mol. The summed E-state index contributed by atoms with van der Waals surface area (Å²) >= 11 is 0. The van der Waals surface area contributed by atoms with Gasteiger partial charge >= 0.3 is 0 Å². The van der Waals surface area contributed by atoms with E-state index in [1.807, 2.05) is 47.4 Å². The number of carbonyl (C=O) groups is 2. The van der Waals surface area contributed by atoms with Crippen LogP contribution >= 0.6 is 0 Å². The second-order valence-corrected chi connectivity index (χ2v) is 7.09. The summed E-state index contributed by atoms with van der Waals surface area (Å²) in [7, 11) is 0. The van der Waals surface area contributed by atoms with Crippen molar-refractivity contribution in [3.63, 3.8) is 0 Å². The number of benzene rings is 1. The first-order chi connectivity index (χ1) is 13.2. The van der Waals surface area contributed by atoms with Crippen molar-refractivity contribution in [3.8, 4) is 0 Å². The Balaban J connectivity index is 1.41. The van der Waals surface area contributed by atoms with Gasteiger partial charge in [-0.15, -0.1) is 0 Å². The smallest absolute Gasteiger partial charge is 0.227 e. The van der Waals surface area contributed by atoms with Crippen molar-refractivity contribution < 1.29 is 14.3 Å². The van der Waals surface area contributed by atoms with Gasteiger partial charge in [0.05, 0.1) is 24.5 Å². The highest BCUT2D eigenvalue weighted by Crippen LogP contribution is 2.34. The molecule has 3 unspecified atom stereocenters. The highest BCUT2D eigenvalue weighted by atomic mass is 16.5. The molecule has 6 heteroatoms. The van der Waals surface area contributed by atoms with Crippen LogP contribution in [-0.4, -0.2) is 47.0 Å². The molecule has 2 aliphatic rings. The van der Waals surface area contributed by atoms with E-state index in [9.17, 15) is 9.59 Å². The van der Waals surface area contributed by atoms with Gasteiger partial charge in [-0.05, 0) is 23.6 Å². The van der Waals surface area contributed by atoms with Crippen LogP contribution in [0.5, 0.6) is 0 Å². The van der Waals surface area contributed by atoms with Gasteiger partial charge in [0, 0.05) is 32.1 Å². The normalized spacial score (nSPS) is 23.9. The second kappa shape index (κ2) is 7.88. The number of hydrogen-bond acceptors (Lipinski definition) is 4. The van der Waals surface area contributed by atoms with Gasteiger partial charge in [-0.3, -0.25) is 14.6 Å². The molecule has 2 amide bonds. The number of ether oxygens (including phenoxy) is 1. The fraction of sp³-hybridized carbons (Fsp3) is 0.381. The maximum absolute atomic E-state index is 12.8. The van der Waals surface area contributed by atoms with E-state index in [1.54, 1.807) is 12.4 Å². The Morgan fingerprint density at radius 2 is 1.96 bits per heavy atom. The van der Waals surface area contributed by atoms with Crippen LogP contribution in [-0.2, 0) is 27.3 Å². The number of pyridine rings is 1. The molecule has 3 heterocycles. The molecule has 27 heavy (non-hydrogen) atoms. The Morgan fingerprint density at radius 1 is 1.15 bits per heavy atom. The maximum atomic E-state index is 12.8. The third-order valence-electron chi connectivity index (χ3n) is 5.34. The molecule has 2 aromatic rings. The van der Waals surface area contributed by atoms with Crippen molar-refractivity contribution in [3.05, 3.63) is 66.0 Å². The molecule has 0 aliphatic carbocycles. The molecule has 2 fully saturated rings. The number of aromatic nitrogens is 1. The number of amides is 2. The fourth-order valence-corrected chi connectivity index (χ4v) is 3.98. The third-order valence-corrected chi connectivity index (χ3v) is 5.34. The summed E-state index contributed by atoms with van der Waals surface area (Å²) in [6, 6.07) is 13.5. The van der Waals surface area contributed by atoms with Crippen LogP contribution in [0.1, 0.15) is 17.5 Å². The van der Waals surface area contributed by atoms with E-state index < -0.39 is 0 Å². The van der Waals surface area contributed by atoms with Gasteiger partial charge in [0.15, 0.2) is 0 Å². The van der Waals surface area contributed by atoms with Gasteiger partial charge in [-0.25, -0.2) is 0 Å². The fourth-order valence-electron chi connectivity index (χ4n) is 3.98. The Labute approximate surface area is 158 Å². The molecule has 0 saturated carbocycles. The Kier molecular flexibility index (Phi) is 5.16. The molecular formula is C21H23N3O3. The highest BCUT2D eigenvalue weighted by molar-refractivity contribution is 5.84. The lowest BCUT2D eigenvalue weighted by atomic mass is 10.0. The number of hydrogen-bond donors (Lipinski definition) is 1. The van der Waals surface area contributed by atoms with Crippen LogP contribution in [0.4, 0.5) is 0 Å². The predicted octanol–water partition coefficient (Wildman–Crippen LogP) is 1.56. The first-order valence-corrected chi connectivity index (χ1v) is 9.34.